The van der Waals surface area contributed by atoms with Crippen molar-refractivity contribution in [2.45, 2.75) is 32.2 Å². The van der Waals surface area contributed by atoms with Gasteiger partial charge in [0.2, 0.25) is 10.0 Å². The van der Waals surface area contributed by atoms with Crippen molar-refractivity contribution in [1.82, 2.24) is 9.62 Å². The topological polar surface area (TPSA) is 49.4 Å². The maximum Gasteiger partial charge on any atom is 0.214 e. The van der Waals surface area contributed by atoms with Gasteiger partial charge in [-0.25, -0.2) is 12.7 Å². The Bertz CT molecular complexity index is 281. The summed E-state index contributed by atoms with van der Waals surface area (Å²) in [6, 6.07) is 0.124. The molecule has 0 saturated carbocycles. The van der Waals surface area contributed by atoms with E-state index in [0.717, 1.165) is 31.6 Å². The van der Waals surface area contributed by atoms with Crippen LogP contribution in [0.5, 0.6) is 0 Å². The lowest BCUT2D eigenvalue weighted by atomic mass is 10.3. The van der Waals surface area contributed by atoms with Crippen LogP contribution in [0.25, 0.3) is 0 Å². The van der Waals surface area contributed by atoms with E-state index in [2.05, 4.69) is 5.32 Å². The number of thioether (sulfide) groups is 1. The molecule has 0 aromatic carbocycles. The molecule has 0 heterocycles. The third kappa shape index (κ3) is 6.64. The van der Waals surface area contributed by atoms with E-state index in [1.165, 1.54) is 0 Å². The largest absolute Gasteiger partial charge is 0.320 e. The van der Waals surface area contributed by atoms with Crippen LogP contribution in [0.15, 0.2) is 0 Å². The van der Waals surface area contributed by atoms with Crippen molar-refractivity contribution in [2.24, 2.45) is 0 Å². The molecule has 1 unspecified atom stereocenters. The second-order valence-electron chi connectivity index (χ2n) is 4.16. The Morgan fingerprint density at radius 3 is 2.47 bits per heavy atom. The quantitative estimate of drug-likeness (QED) is 0.615. The van der Waals surface area contributed by atoms with Crippen molar-refractivity contribution in [1.29, 1.82) is 0 Å². The van der Waals surface area contributed by atoms with Gasteiger partial charge >= 0.3 is 0 Å². The molecule has 0 aliphatic heterocycles. The first kappa shape index (κ1) is 17.2. The van der Waals surface area contributed by atoms with Crippen LogP contribution in [0, 0.1) is 0 Å². The molecule has 0 aliphatic carbocycles. The third-order valence-electron chi connectivity index (χ3n) is 2.86. The SMILES string of the molecule is CCC(CSC)N(C)S(=O)(=O)CCCCNC. The van der Waals surface area contributed by atoms with Gasteiger partial charge in [-0.1, -0.05) is 6.92 Å². The minimum absolute atomic E-state index is 0.124. The Balaban J connectivity index is 4.26. The van der Waals surface area contributed by atoms with Gasteiger partial charge in [0.05, 0.1) is 5.75 Å². The average Bonchev–Trinajstić information content (AvgIpc) is 2.31. The highest BCUT2D eigenvalue weighted by molar-refractivity contribution is 7.98. The highest BCUT2D eigenvalue weighted by Gasteiger charge is 2.24. The van der Waals surface area contributed by atoms with Gasteiger partial charge in [-0.3, -0.25) is 0 Å². The molecule has 0 aromatic heterocycles. The smallest absolute Gasteiger partial charge is 0.214 e. The molecule has 17 heavy (non-hydrogen) atoms. The molecule has 0 amide bonds. The zero-order valence-electron chi connectivity index (χ0n) is 11.4. The molecular formula is C11H26N2O2S2. The molecule has 4 nitrogen and oxygen atoms in total. The van der Waals surface area contributed by atoms with Crippen LogP contribution in [0.1, 0.15) is 26.2 Å². The number of hydrogen-bond acceptors (Lipinski definition) is 4. The Morgan fingerprint density at radius 1 is 1.35 bits per heavy atom. The molecule has 1 atom stereocenters. The van der Waals surface area contributed by atoms with Gasteiger partial charge in [0.1, 0.15) is 0 Å². The summed E-state index contributed by atoms with van der Waals surface area (Å²) in [4.78, 5) is 0. The van der Waals surface area contributed by atoms with Crippen LogP contribution < -0.4 is 5.32 Å². The minimum Gasteiger partial charge on any atom is -0.320 e. The van der Waals surface area contributed by atoms with Crippen molar-refractivity contribution >= 4 is 21.8 Å². The average molecular weight is 282 g/mol. The zero-order chi connectivity index (χ0) is 13.3. The summed E-state index contributed by atoms with van der Waals surface area (Å²) in [6.45, 7) is 2.91. The van der Waals surface area contributed by atoms with Crippen LogP contribution >= 0.6 is 11.8 Å². The molecule has 6 heteroatoms. The summed E-state index contributed by atoms with van der Waals surface area (Å²) in [5.41, 5.74) is 0. The highest BCUT2D eigenvalue weighted by atomic mass is 32.2. The van der Waals surface area contributed by atoms with Crippen molar-refractivity contribution < 1.29 is 8.42 Å². The molecule has 0 spiro atoms. The fourth-order valence-electron chi connectivity index (χ4n) is 1.63. The van der Waals surface area contributed by atoms with Gasteiger partial charge in [-0.15, -0.1) is 0 Å². The molecule has 0 aliphatic rings. The van der Waals surface area contributed by atoms with Gasteiger partial charge in [0.25, 0.3) is 0 Å². The monoisotopic (exact) mass is 282 g/mol. The lowest BCUT2D eigenvalue weighted by Crippen LogP contribution is -2.39. The Hall–Kier alpha value is 0.220. The van der Waals surface area contributed by atoms with Crippen molar-refractivity contribution in [2.75, 3.05) is 38.4 Å². The maximum atomic E-state index is 12.1. The van der Waals surface area contributed by atoms with E-state index >= 15 is 0 Å². The summed E-state index contributed by atoms with van der Waals surface area (Å²) in [6.07, 6.45) is 4.51. The second kappa shape index (κ2) is 9.19. The van der Waals surface area contributed by atoms with Gasteiger partial charge < -0.3 is 5.32 Å². The summed E-state index contributed by atoms with van der Waals surface area (Å²) < 4.78 is 25.7. The van der Waals surface area contributed by atoms with Crippen LogP contribution in [0.3, 0.4) is 0 Å². The molecule has 1 N–H and O–H groups in total. The van der Waals surface area contributed by atoms with Crippen LogP contribution in [0.2, 0.25) is 0 Å². The number of unbranched alkanes of at least 4 members (excludes halogenated alkanes) is 1. The number of nitrogens with zero attached hydrogens (tertiary/aromatic N) is 1. The van der Waals surface area contributed by atoms with E-state index in [4.69, 9.17) is 0 Å². The van der Waals surface area contributed by atoms with Crippen LogP contribution in [-0.2, 0) is 10.0 Å². The number of hydrogen-bond donors (Lipinski definition) is 1. The summed E-state index contributed by atoms with van der Waals surface area (Å²) in [5, 5.41) is 3.03. The van der Waals surface area contributed by atoms with Gasteiger partial charge in [0.15, 0.2) is 0 Å². The zero-order valence-corrected chi connectivity index (χ0v) is 13.0. The molecular weight excluding hydrogens is 256 g/mol. The van der Waals surface area contributed by atoms with Crippen molar-refractivity contribution in [3.8, 4) is 0 Å². The lowest BCUT2D eigenvalue weighted by Gasteiger charge is -2.26. The first-order valence-corrected chi connectivity index (χ1v) is 9.09. The number of rotatable bonds is 10. The molecule has 0 rings (SSSR count). The molecule has 0 radical (unpaired) electrons. The molecule has 0 bridgehead atoms. The van der Waals surface area contributed by atoms with Crippen molar-refractivity contribution in [3.05, 3.63) is 0 Å². The second-order valence-corrected chi connectivity index (χ2v) is 7.22. The predicted molar refractivity (Wildman–Crippen MR) is 77.2 cm³/mol. The maximum absolute atomic E-state index is 12.1. The van der Waals surface area contributed by atoms with E-state index in [1.54, 1.807) is 23.1 Å². The van der Waals surface area contributed by atoms with Gasteiger partial charge in [-0.2, -0.15) is 11.8 Å². The van der Waals surface area contributed by atoms with Gasteiger partial charge in [0, 0.05) is 18.8 Å². The molecule has 0 fully saturated rings. The summed E-state index contributed by atoms with van der Waals surface area (Å²) in [7, 11) is 0.505. The van der Waals surface area contributed by atoms with Crippen LogP contribution in [-0.4, -0.2) is 57.2 Å². The normalized spacial score (nSPS) is 14.2. The Kier molecular flexibility index (Phi) is 9.31. The fraction of sp³-hybridized carbons (Fsp3) is 1.00. The molecule has 0 aromatic rings. The van der Waals surface area contributed by atoms with E-state index < -0.39 is 10.0 Å². The summed E-state index contributed by atoms with van der Waals surface area (Å²) >= 11 is 1.69. The minimum atomic E-state index is -3.08. The molecule has 104 valence electrons. The highest BCUT2D eigenvalue weighted by Crippen LogP contribution is 2.13. The van der Waals surface area contributed by atoms with Crippen molar-refractivity contribution in [3.63, 3.8) is 0 Å². The van der Waals surface area contributed by atoms with Crippen LogP contribution in [0.4, 0.5) is 0 Å². The van der Waals surface area contributed by atoms with Gasteiger partial charge in [-0.05, 0) is 39.1 Å². The number of sulfonamides is 1. The molecule has 0 saturated heterocycles. The fourth-order valence-corrected chi connectivity index (χ4v) is 4.10. The van der Waals surface area contributed by atoms with E-state index in [1.807, 2.05) is 20.2 Å². The Morgan fingerprint density at radius 2 is 2.00 bits per heavy atom. The lowest BCUT2D eigenvalue weighted by molar-refractivity contribution is 0.384. The van der Waals surface area contributed by atoms with E-state index in [9.17, 15) is 8.42 Å². The first-order chi connectivity index (χ1) is 7.99. The Labute approximate surface area is 111 Å². The predicted octanol–water partition coefficient (Wildman–Crippen LogP) is 1.39. The first-order valence-electron chi connectivity index (χ1n) is 6.08. The van der Waals surface area contributed by atoms with E-state index in [0.29, 0.717) is 0 Å². The van der Waals surface area contributed by atoms with E-state index in [-0.39, 0.29) is 11.8 Å². The third-order valence-corrected chi connectivity index (χ3v) is 5.56. The summed E-state index contributed by atoms with van der Waals surface area (Å²) in [5.74, 6) is 1.12. The number of nitrogens with one attached hydrogen (secondary N) is 1. The standard InChI is InChI=1S/C11H26N2O2S2/c1-5-11(10-16-4)13(3)17(14,15)9-7-6-8-12-2/h11-12H,5-10H2,1-4H3.